The van der Waals surface area contributed by atoms with Crippen LogP contribution in [0, 0.1) is 11.6 Å². The van der Waals surface area contributed by atoms with Crippen LogP contribution in [-0.2, 0) is 19.9 Å². The Morgan fingerprint density at radius 3 is 2.47 bits per heavy atom. The molecule has 0 spiro atoms. The van der Waals surface area contributed by atoms with E-state index in [0.29, 0.717) is 0 Å². The number of rotatable bonds is 6. The Morgan fingerprint density at radius 2 is 1.76 bits per heavy atom. The minimum Gasteiger partial charge on any atom is -0.333 e. The third-order valence-corrected chi connectivity index (χ3v) is 9.26. The zero-order valence-corrected chi connectivity index (χ0v) is 20.6. The number of sulfonamides is 1. The lowest BCUT2D eigenvalue weighted by atomic mass is 10.2. The number of anilines is 3. The van der Waals surface area contributed by atoms with Gasteiger partial charge in [0.15, 0.2) is 11.6 Å². The third-order valence-electron chi connectivity index (χ3n) is 4.28. The molecule has 0 aliphatic rings. The molecule has 0 saturated heterocycles. The van der Waals surface area contributed by atoms with Crippen LogP contribution in [0.2, 0.25) is 10.0 Å². The van der Waals surface area contributed by atoms with Gasteiger partial charge in [-0.2, -0.15) is 0 Å². The third kappa shape index (κ3) is 4.63. The summed E-state index contributed by atoms with van der Waals surface area (Å²) in [6.07, 6.45) is 2.00. The molecule has 0 bridgehead atoms. The van der Waals surface area contributed by atoms with Crippen LogP contribution in [0.3, 0.4) is 0 Å². The van der Waals surface area contributed by atoms with E-state index in [1.54, 1.807) is 0 Å². The molecule has 0 amide bonds. The molecule has 0 aliphatic heterocycles. The van der Waals surface area contributed by atoms with Gasteiger partial charge in [0.2, 0.25) is 14.2 Å². The predicted octanol–water partition coefficient (Wildman–Crippen LogP) is 4.62. The van der Waals surface area contributed by atoms with Gasteiger partial charge in [0.25, 0.3) is 10.0 Å². The number of halogens is 4. The topological polar surface area (TPSA) is 131 Å². The number of aromatic nitrogens is 3. The van der Waals surface area contributed by atoms with Crippen LogP contribution in [-0.4, -0.2) is 38.0 Å². The predicted molar refractivity (Wildman–Crippen MR) is 125 cm³/mol. The first-order valence-corrected chi connectivity index (χ1v) is 13.9. The van der Waals surface area contributed by atoms with Gasteiger partial charge in [-0.1, -0.05) is 40.6 Å². The van der Waals surface area contributed by atoms with Crippen LogP contribution in [0.5, 0.6) is 0 Å². The van der Waals surface area contributed by atoms with Gasteiger partial charge in [0.1, 0.15) is 33.1 Å². The van der Waals surface area contributed by atoms with Gasteiger partial charge in [-0.3, -0.25) is 4.72 Å². The summed E-state index contributed by atoms with van der Waals surface area (Å²) in [5, 5.41) is 2.10. The number of nitrogens with one attached hydrogen (secondary N) is 2. The molecule has 0 aliphatic carbocycles. The van der Waals surface area contributed by atoms with Crippen molar-refractivity contribution < 1.29 is 25.6 Å². The van der Waals surface area contributed by atoms with E-state index in [-0.39, 0.29) is 30.5 Å². The largest absolute Gasteiger partial charge is 0.333 e. The number of nitrogens with zero attached hydrogens (tertiary/aromatic N) is 3. The molecule has 0 saturated carbocycles. The maximum Gasteiger partial charge on any atom is 0.263 e. The van der Waals surface area contributed by atoms with Crippen LogP contribution in [0.25, 0.3) is 10.3 Å². The molecule has 2 N–H and O–H groups in total. The summed E-state index contributed by atoms with van der Waals surface area (Å²) in [7, 11) is -8.06. The molecule has 178 valence electrons. The molecule has 9 nitrogen and oxygen atoms in total. The minimum absolute atomic E-state index is 0.0315. The second-order valence-corrected chi connectivity index (χ2v) is 12.3. The van der Waals surface area contributed by atoms with E-state index in [2.05, 4.69) is 20.3 Å². The summed E-state index contributed by atoms with van der Waals surface area (Å²) in [5.74, 6) is -2.56. The highest BCUT2D eigenvalue weighted by Crippen LogP contribution is 2.35. The average Bonchev–Trinajstić information content (AvgIpc) is 3.21. The van der Waals surface area contributed by atoms with Crippen molar-refractivity contribution in [3.8, 4) is 0 Å². The Hall–Kier alpha value is -2.65. The molecule has 16 heteroatoms. The number of benzene rings is 2. The summed E-state index contributed by atoms with van der Waals surface area (Å²) < 4.78 is 80.5. The van der Waals surface area contributed by atoms with Crippen molar-refractivity contribution in [3.63, 3.8) is 0 Å². The Morgan fingerprint density at radius 1 is 1.03 bits per heavy atom. The maximum absolute atomic E-state index is 15.2. The lowest BCUT2D eigenvalue weighted by Gasteiger charge is -2.14. The Kier molecular flexibility index (Phi) is 6.37. The summed E-state index contributed by atoms with van der Waals surface area (Å²) in [6, 6.07) is 5.59. The smallest absolute Gasteiger partial charge is 0.263 e. The first-order valence-electron chi connectivity index (χ1n) is 8.92. The van der Waals surface area contributed by atoms with Gasteiger partial charge >= 0.3 is 0 Å². The molecule has 0 unspecified atom stereocenters. The fraction of sp³-hybridized carbons (Fsp3) is 0.0556. The van der Waals surface area contributed by atoms with Gasteiger partial charge < -0.3 is 5.32 Å². The second kappa shape index (κ2) is 8.85. The first-order chi connectivity index (χ1) is 15.9. The van der Waals surface area contributed by atoms with E-state index in [0.717, 1.165) is 42.1 Å². The van der Waals surface area contributed by atoms with Crippen LogP contribution < -0.4 is 10.0 Å². The average molecular weight is 566 g/mol. The van der Waals surface area contributed by atoms with E-state index in [4.69, 9.17) is 23.2 Å². The van der Waals surface area contributed by atoms with E-state index < -0.39 is 47.8 Å². The quantitative estimate of drug-likeness (QED) is 0.346. The SMILES string of the molecule is CS(=O)(=O)c1nc2c(Nc3c(F)ccc(NS(=O)(=O)c4cccc(Cl)c4Cl)c3F)ncnc2s1. The van der Waals surface area contributed by atoms with Crippen LogP contribution >= 0.6 is 34.5 Å². The van der Waals surface area contributed by atoms with Crippen molar-refractivity contribution in [3.05, 3.63) is 58.3 Å². The number of hydrogen-bond acceptors (Lipinski definition) is 9. The Bertz CT molecular complexity index is 1660. The fourth-order valence-corrected chi connectivity index (χ4v) is 6.30. The monoisotopic (exact) mass is 565 g/mol. The number of sulfone groups is 1. The summed E-state index contributed by atoms with van der Waals surface area (Å²) in [4.78, 5) is 11.5. The molecule has 2 heterocycles. The molecule has 0 radical (unpaired) electrons. The van der Waals surface area contributed by atoms with Crippen LogP contribution in [0.15, 0.2) is 45.9 Å². The minimum atomic E-state index is -4.40. The molecule has 2 aromatic heterocycles. The summed E-state index contributed by atoms with van der Waals surface area (Å²) in [6.45, 7) is 0. The molecule has 0 fully saturated rings. The molecule has 0 atom stereocenters. The van der Waals surface area contributed by atoms with Crippen molar-refractivity contribution in [1.82, 2.24) is 15.0 Å². The van der Waals surface area contributed by atoms with Crippen molar-refractivity contribution in [2.75, 3.05) is 16.3 Å². The first kappa shape index (κ1) is 24.5. The number of hydrogen-bond donors (Lipinski definition) is 2. The standard InChI is InChI=1S/C18H11Cl2F2N5O4S3/c1-33(28,29)18-26-15-16(23-7-24-17(15)32-18)25-14-9(21)5-6-10(13(14)22)27-34(30,31)11-4-2-3-8(19)12(11)20/h2-7,27H,1H3,(H,23,24,25). The van der Waals surface area contributed by atoms with E-state index in [9.17, 15) is 21.2 Å². The second-order valence-electron chi connectivity index (χ2n) is 6.69. The van der Waals surface area contributed by atoms with E-state index in [1.165, 1.54) is 12.1 Å². The number of fused-ring (bicyclic) bond motifs is 1. The Balaban J connectivity index is 1.75. The highest BCUT2D eigenvalue weighted by Gasteiger charge is 2.24. The summed E-state index contributed by atoms with van der Waals surface area (Å²) >= 11 is 12.6. The van der Waals surface area contributed by atoms with Crippen molar-refractivity contribution >= 4 is 81.9 Å². The lowest BCUT2D eigenvalue weighted by Crippen LogP contribution is -2.15. The highest BCUT2D eigenvalue weighted by atomic mass is 35.5. The van der Waals surface area contributed by atoms with Crippen LogP contribution in [0.1, 0.15) is 0 Å². The maximum atomic E-state index is 15.2. The van der Waals surface area contributed by atoms with Gasteiger partial charge in [-0.25, -0.2) is 40.6 Å². The molecule has 34 heavy (non-hydrogen) atoms. The number of thiazole rings is 1. The normalized spacial score (nSPS) is 12.1. The van der Waals surface area contributed by atoms with Gasteiger partial charge in [0.05, 0.1) is 15.7 Å². The van der Waals surface area contributed by atoms with Gasteiger partial charge in [-0.05, 0) is 24.3 Å². The molecule has 4 aromatic rings. The fourth-order valence-electron chi connectivity index (χ4n) is 2.74. The van der Waals surface area contributed by atoms with Gasteiger partial charge in [0, 0.05) is 6.26 Å². The molecule has 4 rings (SSSR count). The lowest BCUT2D eigenvalue weighted by molar-refractivity contribution is 0.588. The van der Waals surface area contributed by atoms with Crippen LogP contribution in [0.4, 0.5) is 26.0 Å². The molecule has 2 aromatic carbocycles. The molecular weight excluding hydrogens is 555 g/mol. The van der Waals surface area contributed by atoms with E-state index >= 15 is 4.39 Å². The zero-order valence-electron chi connectivity index (χ0n) is 16.7. The summed E-state index contributed by atoms with van der Waals surface area (Å²) in [5.41, 5.74) is -1.39. The zero-order chi connectivity index (χ0) is 24.8. The van der Waals surface area contributed by atoms with Crippen molar-refractivity contribution in [1.29, 1.82) is 0 Å². The molecular formula is C18H11Cl2F2N5O4S3. The van der Waals surface area contributed by atoms with Gasteiger partial charge in [-0.15, -0.1) is 0 Å². The van der Waals surface area contributed by atoms with E-state index in [1.807, 2.05) is 4.72 Å². The van der Waals surface area contributed by atoms with Crippen molar-refractivity contribution in [2.45, 2.75) is 9.24 Å². The van der Waals surface area contributed by atoms with Crippen molar-refractivity contribution in [2.24, 2.45) is 0 Å². The highest BCUT2D eigenvalue weighted by molar-refractivity contribution is 7.93. The Labute approximate surface area is 205 Å².